The van der Waals surface area contributed by atoms with Gasteiger partial charge in [0.1, 0.15) is 5.75 Å². The lowest BCUT2D eigenvalue weighted by molar-refractivity contribution is 0.102. The molecule has 2 heterocycles. The van der Waals surface area contributed by atoms with Crippen LogP contribution in [0.1, 0.15) is 41.5 Å². The van der Waals surface area contributed by atoms with Gasteiger partial charge in [-0.15, -0.1) is 0 Å². The highest BCUT2D eigenvalue weighted by molar-refractivity contribution is 6.04. The van der Waals surface area contributed by atoms with E-state index in [2.05, 4.69) is 15.7 Å². The van der Waals surface area contributed by atoms with Gasteiger partial charge >= 0.3 is 0 Å². The molecule has 0 spiro atoms. The number of hydrogen-bond acceptors (Lipinski definition) is 4. The number of nitrogens with one attached hydrogen (secondary N) is 2. The van der Waals surface area contributed by atoms with Crippen molar-refractivity contribution >= 4 is 17.3 Å². The molecule has 0 bridgehead atoms. The summed E-state index contributed by atoms with van der Waals surface area (Å²) in [5, 5.41) is 10.7. The maximum absolute atomic E-state index is 12.5. The molecule has 1 aromatic heterocycles. The van der Waals surface area contributed by atoms with Crippen LogP contribution in [-0.2, 0) is 13.0 Å². The third kappa shape index (κ3) is 3.22. The molecule has 0 saturated heterocycles. The minimum Gasteiger partial charge on any atom is -0.494 e. The summed E-state index contributed by atoms with van der Waals surface area (Å²) in [6.45, 7) is 5.66. The summed E-state index contributed by atoms with van der Waals surface area (Å²) >= 11 is 0. The predicted molar refractivity (Wildman–Crippen MR) is 95.0 cm³/mol. The molecule has 0 saturated carbocycles. The van der Waals surface area contributed by atoms with Crippen molar-refractivity contribution in [1.29, 1.82) is 0 Å². The molecule has 1 aromatic carbocycles. The summed E-state index contributed by atoms with van der Waals surface area (Å²) in [6, 6.07) is 5.77. The number of nitrogens with zero attached hydrogens (tertiary/aromatic N) is 2. The van der Waals surface area contributed by atoms with Crippen LogP contribution in [0.4, 0.5) is 11.4 Å². The van der Waals surface area contributed by atoms with Crippen LogP contribution in [0.2, 0.25) is 0 Å². The van der Waals surface area contributed by atoms with E-state index in [1.54, 1.807) is 13.2 Å². The molecule has 2 aromatic rings. The number of hydrogen-bond donors (Lipinski definition) is 2. The number of aromatic nitrogens is 2. The second-order valence-corrected chi connectivity index (χ2v) is 6.03. The first-order valence-electron chi connectivity index (χ1n) is 8.43. The first-order valence-corrected chi connectivity index (χ1v) is 8.43. The van der Waals surface area contributed by atoms with Crippen LogP contribution < -0.4 is 15.4 Å². The molecule has 6 heteroatoms. The van der Waals surface area contributed by atoms with Crippen LogP contribution in [-0.4, -0.2) is 29.3 Å². The highest BCUT2D eigenvalue weighted by atomic mass is 16.5. The van der Waals surface area contributed by atoms with Crippen molar-refractivity contribution in [2.45, 2.75) is 39.7 Å². The minimum atomic E-state index is -0.217. The number of methoxy groups -OCH3 is 1. The van der Waals surface area contributed by atoms with Gasteiger partial charge in [0.25, 0.3) is 5.91 Å². The van der Waals surface area contributed by atoms with Gasteiger partial charge in [-0.2, -0.15) is 5.10 Å². The number of benzene rings is 1. The lowest BCUT2D eigenvalue weighted by Crippen LogP contribution is -2.14. The smallest absolute Gasteiger partial charge is 0.276 e. The van der Waals surface area contributed by atoms with Gasteiger partial charge < -0.3 is 15.4 Å². The molecule has 0 atom stereocenters. The first kappa shape index (κ1) is 16.4. The van der Waals surface area contributed by atoms with Crippen molar-refractivity contribution in [2.24, 2.45) is 0 Å². The van der Waals surface area contributed by atoms with Crippen molar-refractivity contribution < 1.29 is 9.53 Å². The SMILES string of the molecule is CCn1nc(C(=O)Nc2cc3c(cc2OC)NCCCC3)cc1C. The van der Waals surface area contributed by atoms with Gasteiger partial charge in [-0.05, 0) is 50.8 Å². The van der Waals surface area contributed by atoms with Gasteiger partial charge in [-0.25, -0.2) is 0 Å². The highest BCUT2D eigenvalue weighted by Gasteiger charge is 2.17. The molecule has 0 unspecified atom stereocenters. The van der Waals surface area contributed by atoms with Crippen molar-refractivity contribution in [3.05, 3.63) is 35.2 Å². The molecule has 1 aliphatic rings. The molecule has 1 amide bonds. The van der Waals surface area contributed by atoms with Crippen LogP contribution >= 0.6 is 0 Å². The van der Waals surface area contributed by atoms with E-state index in [1.165, 1.54) is 5.56 Å². The normalized spacial score (nSPS) is 13.6. The number of rotatable bonds is 4. The van der Waals surface area contributed by atoms with Crippen LogP contribution in [0, 0.1) is 6.92 Å². The van der Waals surface area contributed by atoms with Gasteiger partial charge in [0.2, 0.25) is 0 Å². The second-order valence-electron chi connectivity index (χ2n) is 6.03. The Balaban J connectivity index is 1.88. The Bertz CT molecular complexity index is 752. The van der Waals surface area contributed by atoms with E-state index in [0.717, 1.165) is 43.7 Å². The van der Waals surface area contributed by atoms with E-state index in [0.29, 0.717) is 17.1 Å². The number of carbonyl (C=O) groups excluding carboxylic acids is 1. The maximum Gasteiger partial charge on any atom is 0.276 e. The number of amides is 1. The third-order valence-electron chi connectivity index (χ3n) is 4.38. The largest absolute Gasteiger partial charge is 0.494 e. The zero-order chi connectivity index (χ0) is 17.1. The molecule has 128 valence electrons. The Labute approximate surface area is 142 Å². The Morgan fingerprint density at radius 3 is 2.92 bits per heavy atom. The van der Waals surface area contributed by atoms with E-state index in [-0.39, 0.29) is 5.91 Å². The minimum absolute atomic E-state index is 0.217. The number of anilines is 2. The molecule has 2 N–H and O–H groups in total. The quantitative estimate of drug-likeness (QED) is 0.904. The third-order valence-corrected chi connectivity index (χ3v) is 4.38. The van der Waals surface area contributed by atoms with E-state index in [4.69, 9.17) is 4.74 Å². The van der Waals surface area contributed by atoms with Gasteiger partial charge in [0, 0.05) is 30.5 Å². The van der Waals surface area contributed by atoms with Crippen molar-refractivity contribution in [1.82, 2.24) is 9.78 Å². The van der Waals surface area contributed by atoms with Crippen molar-refractivity contribution in [3.63, 3.8) is 0 Å². The number of ether oxygens (including phenoxy) is 1. The lowest BCUT2D eigenvalue weighted by atomic mass is 10.1. The van der Waals surface area contributed by atoms with Gasteiger partial charge in [0.15, 0.2) is 5.69 Å². The van der Waals surface area contributed by atoms with E-state index >= 15 is 0 Å². The molecule has 0 radical (unpaired) electrons. The van der Waals surface area contributed by atoms with Crippen LogP contribution in [0.3, 0.4) is 0 Å². The molecule has 0 fully saturated rings. The summed E-state index contributed by atoms with van der Waals surface area (Å²) < 4.78 is 7.27. The van der Waals surface area contributed by atoms with Crippen molar-refractivity contribution in [2.75, 3.05) is 24.3 Å². The molecule has 3 rings (SSSR count). The zero-order valence-corrected chi connectivity index (χ0v) is 14.5. The molecule has 24 heavy (non-hydrogen) atoms. The Kier molecular flexibility index (Phi) is 4.74. The van der Waals surface area contributed by atoms with Gasteiger partial charge in [-0.3, -0.25) is 9.48 Å². The summed E-state index contributed by atoms with van der Waals surface area (Å²) in [4.78, 5) is 12.5. The van der Waals surface area contributed by atoms with Crippen LogP contribution in [0.25, 0.3) is 0 Å². The van der Waals surface area contributed by atoms with E-state index < -0.39 is 0 Å². The van der Waals surface area contributed by atoms with Crippen LogP contribution in [0.15, 0.2) is 18.2 Å². The molecule has 6 nitrogen and oxygen atoms in total. The van der Waals surface area contributed by atoms with Crippen LogP contribution in [0.5, 0.6) is 5.75 Å². The number of aryl methyl sites for hydroxylation is 3. The maximum atomic E-state index is 12.5. The van der Waals surface area contributed by atoms with Gasteiger partial charge in [-0.1, -0.05) is 0 Å². The lowest BCUT2D eigenvalue weighted by Gasteiger charge is -2.15. The molecular weight excluding hydrogens is 304 g/mol. The fourth-order valence-corrected chi connectivity index (χ4v) is 3.05. The molecular formula is C18H24N4O2. The summed E-state index contributed by atoms with van der Waals surface area (Å²) in [5.74, 6) is 0.438. The second kappa shape index (κ2) is 6.95. The van der Waals surface area contributed by atoms with Gasteiger partial charge in [0.05, 0.1) is 12.8 Å². The predicted octanol–water partition coefficient (Wildman–Crippen LogP) is 3.22. The monoisotopic (exact) mass is 328 g/mol. The fourth-order valence-electron chi connectivity index (χ4n) is 3.05. The topological polar surface area (TPSA) is 68.2 Å². The van der Waals surface area contributed by atoms with E-state index in [9.17, 15) is 4.79 Å². The average molecular weight is 328 g/mol. The molecule has 1 aliphatic heterocycles. The Morgan fingerprint density at radius 1 is 1.38 bits per heavy atom. The zero-order valence-electron chi connectivity index (χ0n) is 14.5. The number of carbonyl (C=O) groups is 1. The summed E-state index contributed by atoms with van der Waals surface area (Å²) in [7, 11) is 1.62. The Hall–Kier alpha value is -2.50. The summed E-state index contributed by atoms with van der Waals surface area (Å²) in [5.41, 5.74) is 4.38. The number of fused-ring (bicyclic) bond motifs is 1. The fraction of sp³-hybridized carbons (Fsp3) is 0.444. The average Bonchev–Trinajstić information content (AvgIpc) is 2.81. The first-order chi connectivity index (χ1) is 11.6. The highest BCUT2D eigenvalue weighted by Crippen LogP contribution is 2.34. The standard InChI is InChI=1S/C18H24N4O2/c1-4-22-12(2)9-16(21-22)18(23)20-15-10-13-7-5-6-8-19-14(13)11-17(15)24-3/h9-11,19H,4-8H2,1-3H3,(H,20,23). The summed E-state index contributed by atoms with van der Waals surface area (Å²) in [6.07, 6.45) is 3.28. The Morgan fingerprint density at radius 2 is 2.21 bits per heavy atom. The molecule has 0 aliphatic carbocycles. The van der Waals surface area contributed by atoms with Crippen molar-refractivity contribution in [3.8, 4) is 5.75 Å². The van der Waals surface area contributed by atoms with E-state index in [1.807, 2.05) is 30.7 Å².